The number of carbonyl (C=O) groups excluding carboxylic acids is 1. The van der Waals surface area contributed by atoms with Crippen molar-refractivity contribution >= 4 is 5.78 Å². The molecule has 12 bridgehead atoms. The molecule has 10 saturated heterocycles. The molecule has 0 aliphatic carbocycles. The molecule has 1 spiro atoms. The first-order valence-electron chi connectivity index (χ1n) is 20.3. The molecule has 0 saturated carbocycles. The molecule has 0 aromatic rings. The molecule has 10 aliphatic heterocycles. The summed E-state index contributed by atoms with van der Waals surface area (Å²) in [6.45, 7) is 11.0. The summed E-state index contributed by atoms with van der Waals surface area (Å²) in [5.41, 5.74) is 7.96. The van der Waals surface area contributed by atoms with E-state index in [0.29, 0.717) is 32.1 Å². The fourth-order valence-electron chi connectivity index (χ4n) is 11.4. The normalized spacial score (nSPS) is 52.4. The predicted octanol–water partition coefficient (Wildman–Crippen LogP) is 3.03. The van der Waals surface area contributed by atoms with Crippen LogP contribution in [0.1, 0.15) is 90.4 Å². The highest BCUT2D eigenvalue weighted by molar-refractivity contribution is 5.79. The monoisotopic (exact) mass is 729 g/mol. The van der Waals surface area contributed by atoms with E-state index in [9.17, 15) is 15.0 Å². The lowest BCUT2D eigenvalue weighted by atomic mass is 9.78. The van der Waals surface area contributed by atoms with Crippen LogP contribution in [-0.4, -0.2) is 126 Å². The number of aliphatic hydroxyl groups excluding tert-OH is 2. The second-order valence-corrected chi connectivity index (χ2v) is 17.6. The number of aliphatic hydroxyl groups is 2. The van der Waals surface area contributed by atoms with Gasteiger partial charge in [-0.3, -0.25) is 4.79 Å². The highest BCUT2D eigenvalue weighted by Crippen LogP contribution is 2.54. The number of hydrogen-bond acceptors (Lipinski definition) is 12. The van der Waals surface area contributed by atoms with Gasteiger partial charge in [-0.1, -0.05) is 20.1 Å². The third kappa shape index (κ3) is 6.59. The second-order valence-electron chi connectivity index (χ2n) is 17.6. The molecule has 12 heteroatoms. The van der Waals surface area contributed by atoms with Crippen LogP contribution in [0.3, 0.4) is 0 Å². The van der Waals surface area contributed by atoms with E-state index in [0.717, 1.165) is 49.7 Å². The van der Waals surface area contributed by atoms with Crippen molar-refractivity contribution in [3.8, 4) is 0 Å². The molecular formula is C40H59NO11. The Morgan fingerprint density at radius 1 is 0.788 bits per heavy atom. The fourth-order valence-corrected chi connectivity index (χ4v) is 11.4. The van der Waals surface area contributed by atoms with E-state index in [-0.39, 0.29) is 129 Å². The van der Waals surface area contributed by atoms with Gasteiger partial charge in [0.1, 0.15) is 36.3 Å². The lowest BCUT2D eigenvalue weighted by Crippen LogP contribution is -2.61. The summed E-state index contributed by atoms with van der Waals surface area (Å²) >= 11 is 0. The minimum absolute atomic E-state index is 0.0270. The van der Waals surface area contributed by atoms with Gasteiger partial charge in [0.05, 0.1) is 61.0 Å². The summed E-state index contributed by atoms with van der Waals surface area (Å²) in [5, 5.41) is 21.2. The van der Waals surface area contributed by atoms with Crippen molar-refractivity contribution in [2.24, 2.45) is 23.5 Å². The number of hydrogen-bond donors (Lipinski definition) is 3. The third-order valence-electron chi connectivity index (χ3n) is 14.2. The maximum Gasteiger partial charge on any atom is 0.172 e. The first-order valence-corrected chi connectivity index (χ1v) is 20.3. The number of rotatable bonds is 4. The molecule has 0 aromatic heterocycles. The van der Waals surface area contributed by atoms with E-state index in [4.69, 9.17) is 43.6 Å². The number of nitrogens with two attached hydrogens (primary N) is 1. The summed E-state index contributed by atoms with van der Waals surface area (Å²) in [6.07, 6.45) is 4.73. The van der Waals surface area contributed by atoms with E-state index in [2.05, 4.69) is 20.1 Å². The summed E-state index contributed by atoms with van der Waals surface area (Å²) in [4.78, 5) is 14.0. The van der Waals surface area contributed by atoms with Gasteiger partial charge in [0.15, 0.2) is 5.79 Å². The van der Waals surface area contributed by atoms with Gasteiger partial charge in [0.25, 0.3) is 0 Å². The maximum atomic E-state index is 14.0. The molecule has 12 nitrogen and oxygen atoms in total. The molecule has 52 heavy (non-hydrogen) atoms. The summed E-state index contributed by atoms with van der Waals surface area (Å²) in [5.74, 6) is -1.03. The van der Waals surface area contributed by atoms with Crippen molar-refractivity contribution in [3.05, 3.63) is 24.3 Å². The lowest BCUT2D eigenvalue weighted by Gasteiger charge is -2.47. The fraction of sp³-hybridized carbons (Fsp3) is 0.875. The van der Waals surface area contributed by atoms with E-state index < -0.39 is 18.0 Å². The zero-order chi connectivity index (χ0) is 35.9. The standard InChI is InChI=1S/C40H59NO11/c1-19-10-24-4-6-29-20(2)11-26(45-29)8-9-40-16-34-36(51-40)37-38(50-34)39(52-40)35-30(49-37)7-5-25(47-35)12-22(43)13-27-28(18-42)32(14-23(44)17-41)48-33(27)15-31(46-24)21(19)3/h19,23-39,42,44H,2-18,41H2,1H3/t19-,23+,24+,25-,26+,27?,28-,29?,30+,31?,32-,33+,34?,35+,36?,37+,38-,39+,40+/m1/s1. The van der Waals surface area contributed by atoms with Gasteiger partial charge in [-0.2, -0.15) is 0 Å². The quantitative estimate of drug-likeness (QED) is 0.364. The van der Waals surface area contributed by atoms with Crippen molar-refractivity contribution < 1.29 is 52.9 Å². The Hall–Kier alpha value is -1.29. The number of Topliss-reactive ketones (excluding diaryl/α,β-unsaturated/α-hetero) is 1. The van der Waals surface area contributed by atoms with Crippen molar-refractivity contribution in [2.45, 2.75) is 188 Å². The zero-order valence-electron chi connectivity index (χ0n) is 30.6. The number of ether oxygens (including phenoxy) is 8. The van der Waals surface area contributed by atoms with Gasteiger partial charge in [-0.15, -0.1) is 0 Å². The Balaban J connectivity index is 0.994. The molecule has 10 aliphatic rings. The van der Waals surface area contributed by atoms with Crippen LogP contribution in [0.4, 0.5) is 0 Å². The summed E-state index contributed by atoms with van der Waals surface area (Å²) < 4.78 is 53.8. The van der Waals surface area contributed by atoms with Crippen LogP contribution in [0.5, 0.6) is 0 Å². The van der Waals surface area contributed by atoms with Gasteiger partial charge < -0.3 is 53.8 Å². The Morgan fingerprint density at radius 3 is 2.37 bits per heavy atom. The van der Waals surface area contributed by atoms with Gasteiger partial charge in [-0.25, -0.2) is 0 Å². The number of fused-ring (bicyclic) bond motifs is 6. The second kappa shape index (κ2) is 14.3. The average Bonchev–Trinajstić information content (AvgIpc) is 3.79. The molecule has 5 unspecified atom stereocenters. The van der Waals surface area contributed by atoms with Crippen LogP contribution < -0.4 is 5.73 Å². The minimum atomic E-state index is -0.790. The smallest absolute Gasteiger partial charge is 0.172 e. The Labute approximate surface area is 307 Å². The average molecular weight is 730 g/mol. The molecule has 19 atom stereocenters. The Bertz CT molecular complexity index is 1380. The number of ketones is 1. The molecule has 10 rings (SSSR count). The molecule has 10 fully saturated rings. The molecule has 0 aromatic carbocycles. The molecule has 290 valence electrons. The third-order valence-corrected chi connectivity index (χ3v) is 14.2. The minimum Gasteiger partial charge on any atom is -0.396 e. The molecule has 0 radical (unpaired) electrons. The van der Waals surface area contributed by atoms with Crippen LogP contribution in [0, 0.1) is 17.8 Å². The van der Waals surface area contributed by atoms with Gasteiger partial charge in [0, 0.05) is 57.6 Å². The largest absolute Gasteiger partial charge is 0.396 e. The van der Waals surface area contributed by atoms with E-state index in [1.54, 1.807) is 0 Å². The van der Waals surface area contributed by atoms with Crippen LogP contribution in [-0.2, 0) is 42.7 Å². The molecule has 0 amide bonds. The lowest BCUT2D eigenvalue weighted by molar-refractivity contribution is -0.292. The van der Waals surface area contributed by atoms with Gasteiger partial charge in [-0.05, 0) is 67.9 Å². The molecule has 4 N–H and O–H groups in total. The van der Waals surface area contributed by atoms with Crippen LogP contribution in [0.15, 0.2) is 24.3 Å². The highest BCUT2D eigenvalue weighted by atomic mass is 16.8. The first-order chi connectivity index (χ1) is 25.1. The molecule has 10 heterocycles. The van der Waals surface area contributed by atoms with Crippen LogP contribution in [0.2, 0.25) is 0 Å². The Morgan fingerprint density at radius 2 is 1.54 bits per heavy atom. The predicted molar refractivity (Wildman–Crippen MR) is 186 cm³/mol. The zero-order valence-corrected chi connectivity index (χ0v) is 30.6. The van der Waals surface area contributed by atoms with Crippen molar-refractivity contribution in [1.82, 2.24) is 0 Å². The highest BCUT2D eigenvalue weighted by Gasteiger charge is 2.68. The summed E-state index contributed by atoms with van der Waals surface area (Å²) in [6, 6.07) is 0. The van der Waals surface area contributed by atoms with Crippen molar-refractivity contribution in [2.75, 3.05) is 13.2 Å². The van der Waals surface area contributed by atoms with Crippen LogP contribution >= 0.6 is 0 Å². The SMILES string of the molecule is C=C1C[C@@H]2CC[C@@]34CC5O[C@H]6[C@@H](O3)[C@H]3O[C@H](CC[C@@H]3O[C@H]6C5O4)CC(=O)CC3[C@H](CC4O[C@@H](CCC1O2)C[C@@H](C)C4=C)O[C@H](C[C@H](O)CN)[C@@H]3CO. The van der Waals surface area contributed by atoms with Gasteiger partial charge >= 0.3 is 0 Å². The van der Waals surface area contributed by atoms with E-state index >= 15 is 0 Å². The van der Waals surface area contributed by atoms with Crippen molar-refractivity contribution in [1.29, 1.82) is 0 Å². The van der Waals surface area contributed by atoms with Gasteiger partial charge in [0.2, 0.25) is 0 Å². The number of carbonyl (C=O) groups is 1. The maximum absolute atomic E-state index is 14.0. The molecular weight excluding hydrogens is 670 g/mol. The Kier molecular flexibility index (Phi) is 10.0. The summed E-state index contributed by atoms with van der Waals surface area (Å²) in [7, 11) is 0. The topological polar surface area (TPSA) is 157 Å². The first kappa shape index (κ1) is 36.4. The van der Waals surface area contributed by atoms with Crippen LogP contribution in [0.25, 0.3) is 0 Å². The van der Waals surface area contributed by atoms with E-state index in [1.807, 2.05) is 0 Å². The van der Waals surface area contributed by atoms with E-state index in [1.165, 1.54) is 0 Å². The van der Waals surface area contributed by atoms with Crippen molar-refractivity contribution in [3.63, 3.8) is 0 Å².